The highest BCUT2D eigenvalue weighted by Crippen LogP contribution is 2.37. The second-order valence-electron chi connectivity index (χ2n) is 3.62. The van der Waals surface area contributed by atoms with Crippen molar-refractivity contribution in [3.05, 3.63) is 11.6 Å². The van der Waals surface area contributed by atoms with Crippen molar-refractivity contribution in [1.82, 2.24) is 0 Å². The number of allylic oxidation sites excluding steroid dienone is 1. The van der Waals surface area contributed by atoms with E-state index in [0.717, 1.165) is 12.8 Å². The number of carboxylic acid groups (broad SMARTS) is 1. The summed E-state index contributed by atoms with van der Waals surface area (Å²) in [6, 6.07) is -1.21. The highest BCUT2D eigenvalue weighted by Gasteiger charge is 2.18. The Hall–Kier alpha value is -0.680. The number of hydrogen-bond donors (Lipinski definition) is 4. The van der Waals surface area contributed by atoms with Gasteiger partial charge >= 0.3 is 13.6 Å². The third-order valence-corrected chi connectivity index (χ3v) is 2.78. The molecule has 1 atom stereocenters. The molecule has 0 rings (SSSR count). The Kier molecular flexibility index (Phi) is 6.52. The zero-order chi connectivity index (χ0) is 12.8. The zero-order valence-corrected chi connectivity index (χ0v) is 10.1. The molecule has 1 unspecified atom stereocenters. The van der Waals surface area contributed by atoms with E-state index in [9.17, 15) is 9.36 Å². The van der Waals surface area contributed by atoms with Crippen LogP contribution in [0.2, 0.25) is 0 Å². The Morgan fingerprint density at radius 3 is 2.44 bits per heavy atom. The van der Waals surface area contributed by atoms with E-state index in [1.807, 2.05) is 6.92 Å². The van der Waals surface area contributed by atoms with E-state index in [1.165, 1.54) is 6.08 Å². The largest absolute Gasteiger partial charge is 0.480 e. The van der Waals surface area contributed by atoms with Gasteiger partial charge in [0.05, 0.1) is 6.16 Å². The first-order chi connectivity index (χ1) is 7.26. The Balaban J connectivity index is 4.65. The van der Waals surface area contributed by atoms with Crippen LogP contribution in [-0.4, -0.2) is 33.1 Å². The summed E-state index contributed by atoms with van der Waals surface area (Å²) in [5.74, 6) is -1.21. The van der Waals surface area contributed by atoms with E-state index in [2.05, 4.69) is 0 Å². The van der Waals surface area contributed by atoms with Crippen LogP contribution in [0.3, 0.4) is 0 Å². The summed E-state index contributed by atoms with van der Waals surface area (Å²) in [6.07, 6.45) is 2.87. The smallest absolute Gasteiger partial charge is 0.329 e. The second-order valence-corrected chi connectivity index (χ2v) is 5.26. The highest BCUT2D eigenvalue weighted by molar-refractivity contribution is 7.52. The van der Waals surface area contributed by atoms with Gasteiger partial charge in [-0.1, -0.05) is 25.0 Å². The van der Waals surface area contributed by atoms with E-state index < -0.39 is 25.8 Å². The van der Waals surface area contributed by atoms with Gasteiger partial charge in [-0.15, -0.1) is 0 Å². The van der Waals surface area contributed by atoms with Crippen molar-refractivity contribution < 1.29 is 24.3 Å². The van der Waals surface area contributed by atoms with E-state index in [0.29, 0.717) is 12.0 Å². The maximum atomic E-state index is 10.8. The van der Waals surface area contributed by atoms with Crippen LogP contribution in [0.4, 0.5) is 0 Å². The van der Waals surface area contributed by atoms with E-state index in [1.54, 1.807) is 0 Å². The number of rotatable bonds is 7. The summed E-state index contributed by atoms with van der Waals surface area (Å²) in [7, 11) is -4.17. The third kappa shape index (κ3) is 7.59. The van der Waals surface area contributed by atoms with Crippen molar-refractivity contribution in [2.75, 3.05) is 6.16 Å². The highest BCUT2D eigenvalue weighted by atomic mass is 31.2. The van der Waals surface area contributed by atoms with Gasteiger partial charge in [-0.05, 0) is 12.8 Å². The lowest BCUT2D eigenvalue weighted by Gasteiger charge is -2.10. The molecule has 0 saturated carbocycles. The summed E-state index contributed by atoms with van der Waals surface area (Å²) in [6.45, 7) is 1.94. The normalized spacial score (nSPS) is 14.9. The molecule has 0 amide bonds. The summed E-state index contributed by atoms with van der Waals surface area (Å²) in [5.41, 5.74) is 5.69. The molecule has 0 aliphatic heterocycles. The Morgan fingerprint density at radius 1 is 1.50 bits per heavy atom. The molecule has 6 nitrogen and oxygen atoms in total. The minimum Gasteiger partial charge on any atom is -0.480 e. The molecule has 0 radical (unpaired) electrons. The van der Waals surface area contributed by atoms with Gasteiger partial charge in [-0.3, -0.25) is 9.36 Å². The Morgan fingerprint density at radius 2 is 2.06 bits per heavy atom. The lowest BCUT2D eigenvalue weighted by atomic mass is 10.1. The summed E-state index contributed by atoms with van der Waals surface area (Å²) in [4.78, 5) is 28.2. The predicted molar refractivity (Wildman–Crippen MR) is 60.1 cm³/mol. The summed E-state index contributed by atoms with van der Waals surface area (Å²) in [5, 5.41) is 8.59. The van der Waals surface area contributed by atoms with Gasteiger partial charge in [-0.2, -0.15) is 0 Å². The monoisotopic (exact) mass is 251 g/mol. The molecule has 7 heteroatoms. The molecule has 0 aromatic carbocycles. The number of carboxylic acids is 1. The predicted octanol–water partition coefficient (Wildman–Crippen LogP) is 0.693. The molecule has 0 heterocycles. The lowest BCUT2D eigenvalue weighted by molar-refractivity contribution is -0.137. The maximum absolute atomic E-state index is 10.8. The first kappa shape index (κ1) is 15.3. The molecule has 16 heavy (non-hydrogen) atoms. The Labute approximate surface area is 94.3 Å². The van der Waals surface area contributed by atoms with Crippen LogP contribution in [0, 0.1) is 0 Å². The standard InChI is InChI=1S/C9H18NO5P/c1-2-3-4-7(6-16(13,14)15)5-8(10)9(11)12/h5,8H,2-4,6,10H2,1H3,(H,11,12)(H2,13,14,15). The zero-order valence-electron chi connectivity index (χ0n) is 9.17. The molecular formula is C9H18NO5P. The molecule has 5 N–H and O–H groups in total. The van der Waals surface area contributed by atoms with E-state index in [-0.39, 0.29) is 0 Å². The average molecular weight is 251 g/mol. The molecule has 94 valence electrons. The number of hydrogen-bond acceptors (Lipinski definition) is 3. The number of unbranched alkanes of at least 4 members (excludes halogenated alkanes) is 1. The van der Waals surface area contributed by atoms with Gasteiger partial charge in [0.2, 0.25) is 0 Å². The molecule has 0 aromatic rings. The fourth-order valence-electron chi connectivity index (χ4n) is 1.21. The van der Waals surface area contributed by atoms with Gasteiger partial charge in [0.1, 0.15) is 6.04 Å². The van der Waals surface area contributed by atoms with Crippen molar-refractivity contribution in [3.8, 4) is 0 Å². The quantitative estimate of drug-likeness (QED) is 0.390. The van der Waals surface area contributed by atoms with Crippen LogP contribution in [0.5, 0.6) is 0 Å². The first-order valence-corrected chi connectivity index (χ1v) is 6.78. The minimum atomic E-state index is -4.17. The van der Waals surface area contributed by atoms with Crippen LogP contribution in [-0.2, 0) is 9.36 Å². The molecule has 0 spiro atoms. The lowest BCUT2D eigenvalue weighted by Crippen LogP contribution is -2.28. The summed E-state index contributed by atoms with van der Waals surface area (Å²) < 4.78 is 10.8. The number of nitrogens with two attached hydrogens (primary N) is 1. The van der Waals surface area contributed by atoms with Crippen molar-refractivity contribution in [2.24, 2.45) is 5.73 Å². The molecule has 0 bridgehead atoms. The Bertz CT molecular complexity index is 309. The summed E-state index contributed by atoms with van der Waals surface area (Å²) >= 11 is 0. The van der Waals surface area contributed by atoms with Crippen LogP contribution >= 0.6 is 7.60 Å². The van der Waals surface area contributed by atoms with Crippen LogP contribution < -0.4 is 5.73 Å². The third-order valence-electron chi connectivity index (χ3n) is 1.96. The minimum absolute atomic E-state index is 0.407. The van der Waals surface area contributed by atoms with Crippen molar-refractivity contribution in [2.45, 2.75) is 32.2 Å². The van der Waals surface area contributed by atoms with E-state index >= 15 is 0 Å². The molecular weight excluding hydrogens is 233 g/mol. The molecule has 0 aromatic heterocycles. The van der Waals surface area contributed by atoms with Gasteiger partial charge in [0.25, 0.3) is 0 Å². The first-order valence-electron chi connectivity index (χ1n) is 4.98. The molecule has 0 saturated heterocycles. The fourth-order valence-corrected chi connectivity index (χ4v) is 2.00. The second kappa shape index (κ2) is 6.81. The number of carbonyl (C=O) groups is 1. The van der Waals surface area contributed by atoms with Crippen LogP contribution in [0.25, 0.3) is 0 Å². The van der Waals surface area contributed by atoms with Gasteiger partial charge in [0, 0.05) is 0 Å². The van der Waals surface area contributed by atoms with Crippen molar-refractivity contribution in [1.29, 1.82) is 0 Å². The molecule has 0 fully saturated rings. The molecule has 0 aliphatic rings. The van der Waals surface area contributed by atoms with Gasteiger partial charge in [-0.25, -0.2) is 0 Å². The fraction of sp³-hybridized carbons (Fsp3) is 0.667. The van der Waals surface area contributed by atoms with Crippen molar-refractivity contribution in [3.63, 3.8) is 0 Å². The SMILES string of the molecule is CCCCC(=CC(N)C(=O)O)CP(=O)(O)O. The van der Waals surface area contributed by atoms with Crippen LogP contribution in [0.1, 0.15) is 26.2 Å². The maximum Gasteiger partial charge on any atom is 0.329 e. The van der Waals surface area contributed by atoms with Crippen molar-refractivity contribution >= 4 is 13.6 Å². The van der Waals surface area contributed by atoms with Gasteiger partial charge < -0.3 is 20.6 Å². The average Bonchev–Trinajstić information content (AvgIpc) is 2.11. The number of aliphatic carboxylic acids is 1. The van der Waals surface area contributed by atoms with E-state index in [4.69, 9.17) is 20.6 Å². The van der Waals surface area contributed by atoms with Crippen LogP contribution in [0.15, 0.2) is 11.6 Å². The topological polar surface area (TPSA) is 121 Å². The van der Waals surface area contributed by atoms with Gasteiger partial charge in [0.15, 0.2) is 0 Å². The molecule has 0 aliphatic carbocycles.